The lowest BCUT2D eigenvalue weighted by Gasteiger charge is -2.00. The average Bonchev–Trinajstić information content (AvgIpc) is 2.52. The predicted molar refractivity (Wildman–Crippen MR) is 52.2 cm³/mol. The van der Waals surface area contributed by atoms with Gasteiger partial charge < -0.3 is 4.74 Å². The van der Waals surface area contributed by atoms with Gasteiger partial charge in [-0.1, -0.05) is 11.6 Å². The lowest BCUT2D eigenvalue weighted by molar-refractivity contribution is 0.415. The summed E-state index contributed by atoms with van der Waals surface area (Å²) in [7, 11) is 1.63. The van der Waals surface area contributed by atoms with Crippen LogP contribution >= 0.6 is 22.9 Å². The number of fused-ring (bicyclic) bond motifs is 1. The fraction of sp³-hybridized carbons (Fsp3) is 0.111. The minimum atomic E-state index is 0.700. The lowest BCUT2D eigenvalue weighted by atomic mass is 10.2. The highest BCUT2D eigenvalue weighted by molar-refractivity contribution is 7.17. The van der Waals surface area contributed by atoms with Gasteiger partial charge in [-0.15, -0.1) is 11.3 Å². The third-order valence-electron chi connectivity index (χ3n) is 1.65. The van der Waals surface area contributed by atoms with Crippen molar-refractivity contribution in [3.05, 3.63) is 28.6 Å². The van der Waals surface area contributed by atoms with Crippen LogP contribution in [-0.2, 0) is 0 Å². The Morgan fingerprint density at radius 1 is 1.50 bits per heavy atom. The van der Waals surface area contributed by atoms with Crippen molar-refractivity contribution in [3.8, 4) is 5.75 Å². The van der Waals surface area contributed by atoms with Crippen LogP contribution in [0.25, 0.3) is 10.1 Å². The molecule has 1 radical (unpaired) electrons. The topological polar surface area (TPSA) is 9.23 Å². The summed E-state index contributed by atoms with van der Waals surface area (Å²) in [5, 5.41) is 3.57. The molecule has 2 rings (SSSR count). The molecule has 0 spiro atoms. The monoisotopic (exact) mass is 197 g/mol. The fourth-order valence-electron chi connectivity index (χ4n) is 1.06. The number of ether oxygens (including phenoxy) is 1. The molecule has 0 atom stereocenters. The van der Waals surface area contributed by atoms with Crippen LogP contribution < -0.4 is 4.74 Å². The number of hydrogen-bond acceptors (Lipinski definition) is 2. The molecule has 2 aromatic rings. The van der Waals surface area contributed by atoms with Gasteiger partial charge in [0.05, 0.1) is 12.1 Å². The van der Waals surface area contributed by atoms with E-state index in [1.807, 2.05) is 11.4 Å². The van der Waals surface area contributed by atoms with E-state index in [2.05, 4.69) is 6.07 Å². The molecule has 1 aromatic carbocycles. The molecular weight excluding hydrogens is 192 g/mol. The van der Waals surface area contributed by atoms with Crippen molar-refractivity contribution in [2.75, 3.05) is 7.11 Å². The predicted octanol–water partition coefficient (Wildman–Crippen LogP) is 3.36. The lowest BCUT2D eigenvalue weighted by Crippen LogP contribution is -1.81. The number of benzene rings is 1. The Labute approximate surface area is 79.5 Å². The molecule has 0 unspecified atom stereocenters. The first-order valence-electron chi connectivity index (χ1n) is 3.43. The van der Waals surface area contributed by atoms with Crippen LogP contribution in [0.4, 0.5) is 0 Å². The zero-order chi connectivity index (χ0) is 8.55. The molecule has 0 saturated carbocycles. The van der Waals surface area contributed by atoms with Crippen molar-refractivity contribution in [3.63, 3.8) is 0 Å². The summed E-state index contributed by atoms with van der Waals surface area (Å²) in [5.74, 6) is 0.795. The van der Waals surface area contributed by atoms with Gasteiger partial charge in [0.25, 0.3) is 0 Å². The molecule has 0 N–H and O–H groups in total. The molecule has 0 aliphatic heterocycles. The van der Waals surface area contributed by atoms with Crippen molar-refractivity contribution in [1.82, 2.24) is 0 Å². The van der Waals surface area contributed by atoms with E-state index in [0.717, 1.165) is 15.8 Å². The zero-order valence-corrected chi connectivity index (χ0v) is 8.00. The van der Waals surface area contributed by atoms with Crippen molar-refractivity contribution >= 4 is 33.0 Å². The minimum absolute atomic E-state index is 0.700. The number of rotatable bonds is 1. The van der Waals surface area contributed by atoms with Crippen LogP contribution in [0.5, 0.6) is 5.75 Å². The quantitative estimate of drug-likeness (QED) is 0.681. The second-order valence-corrected chi connectivity index (χ2v) is 3.68. The third kappa shape index (κ3) is 1.17. The van der Waals surface area contributed by atoms with Crippen LogP contribution in [0.15, 0.2) is 17.5 Å². The average molecular weight is 198 g/mol. The standard InChI is InChI=1S/C9H6ClOS/c1-11-6-4-8(10)7-2-3-12-9(7)5-6/h3-5H,1H3. The molecule has 0 bridgehead atoms. The van der Waals surface area contributed by atoms with Crippen molar-refractivity contribution < 1.29 is 4.74 Å². The van der Waals surface area contributed by atoms with Gasteiger partial charge in [0.15, 0.2) is 0 Å². The van der Waals surface area contributed by atoms with E-state index < -0.39 is 0 Å². The zero-order valence-electron chi connectivity index (χ0n) is 6.43. The van der Waals surface area contributed by atoms with E-state index >= 15 is 0 Å². The van der Waals surface area contributed by atoms with Gasteiger partial charge in [0.2, 0.25) is 0 Å². The normalized spacial score (nSPS) is 10.5. The summed E-state index contributed by atoms with van der Waals surface area (Å²) >= 11 is 7.59. The van der Waals surface area contributed by atoms with E-state index in [0.29, 0.717) is 5.02 Å². The molecule has 0 amide bonds. The minimum Gasteiger partial charge on any atom is -0.497 e. The first kappa shape index (κ1) is 7.90. The van der Waals surface area contributed by atoms with Gasteiger partial charge in [-0.05, 0) is 17.5 Å². The maximum Gasteiger partial charge on any atom is 0.121 e. The van der Waals surface area contributed by atoms with Gasteiger partial charge in [-0.25, -0.2) is 0 Å². The second-order valence-electron chi connectivity index (χ2n) is 2.36. The second kappa shape index (κ2) is 2.96. The fourth-order valence-corrected chi connectivity index (χ4v) is 2.16. The molecule has 0 fully saturated rings. The van der Waals surface area contributed by atoms with E-state index in [4.69, 9.17) is 16.3 Å². The molecule has 1 aromatic heterocycles. The van der Waals surface area contributed by atoms with Crippen LogP contribution in [0.3, 0.4) is 0 Å². The Bertz CT molecular complexity index is 408. The van der Waals surface area contributed by atoms with E-state index in [1.54, 1.807) is 24.5 Å². The Hall–Kier alpha value is -0.730. The van der Waals surface area contributed by atoms with Crippen molar-refractivity contribution in [1.29, 1.82) is 0 Å². The van der Waals surface area contributed by atoms with Gasteiger partial charge >= 0.3 is 0 Å². The van der Waals surface area contributed by atoms with E-state index in [1.165, 1.54) is 0 Å². The Morgan fingerprint density at radius 2 is 2.33 bits per heavy atom. The maximum absolute atomic E-state index is 5.98. The molecule has 1 nitrogen and oxygen atoms in total. The summed E-state index contributed by atoms with van der Waals surface area (Å²) in [6.07, 6.45) is 0. The van der Waals surface area contributed by atoms with Crippen molar-refractivity contribution in [2.24, 2.45) is 0 Å². The number of thiophene rings is 1. The highest BCUT2D eigenvalue weighted by Crippen LogP contribution is 2.31. The van der Waals surface area contributed by atoms with Gasteiger partial charge in [0, 0.05) is 16.2 Å². The largest absolute Gasteiger partial charge is 0.497 e. The SMILES string of the molecule is COc1cc(Cl)c2[c]csc2c1. The smallest absolute Gasteiger partial charge is 0.121 e. The van der Waals surface area contributed by atoms with E-state index in [9.17, 15) is 0 Å². The van der Waals surface area contributed by atoms with E-state index in [-0.39, 0.29) is 0 Å². The van der Waals surface area contributed by atoms with Crippen molar-refractivity contribution in [2.45, 2.75) is 0 Å². The van der Waals surface area contributed by atoms with Crippen LogP contribution in [0.1, 0.15) is 0 Å². The Kier molecular flexibility index (Phi) is 1.95. The molecule has 0 aliphatic carbocycles. The summed E-state index contributed by atoms with van der Waals surface area (Å²) in [4.78, 5) is 0. The highest BCUT2D eigenvalue weighted by Gasteiger charge is 2.02. The Balaban J connectivity index is 2.75. The maximum atomic E-state index is 5.98. The summed E-state index contributed by atoms with van der Waals surface area (Å²) < 4.78 is 6.19. The molecule has 1 heterocycles. The first-order chi connectivity index (χ1) is 5.81. The molecule has 0 aliphatic rings. The van der Waals surface area contributed by atoms with Crippen LogP contribution in [0.2, 0.25) is 5.02 Å². The third-order valence-corrected chi connectivity index (χ3v) is 2.76. The molecule has 0 saturated heterocycles. The van der Waals surface area contributed by atoms with Crippen LogP contribution in [0, 0.1) is 6.07 Å². The number of methoxy groups -OCH3 is 1. The highest BCUT2D eigenvalue weighted by atomic mass is 35.5. The number of halogens is 1. The Morgan fingerprint density at radius 3 is 3.08 bits per heavy atom. The molecule has 3 heteroatoms. The van der Waals surface area contributed by atoms with Gasteiger partial charge in [-0.2, -0.15) is 0 Å². The number of hydrogen-bond donors (Lipinski definition) is 0. The summed E-state index contributed by atoms with van der Waals surface area (Å²) in [6.45, 7) is 0. The summed E-state index contributed by atoms with van der Waals surface area (Å²) in [6, 6.07) is 6.83. The summed E-state index contributed by atoms with van der Waals surface area (Å²) in [5.41, 5.74) is 0. The first-order valence-corrected chi connectivity index (χ1v) is 4.69. The van der Waals surface area contributed by atoms with Gasteiger partial charge in [-0.3, -0.25) is 0 Å². The van der Waals surface area contributed by atoms with Crippen LogP contribution in [-0.4, -0.2) is 7.11 Å². The molecular formula is C9H6ClOS. The molecule has 61 valence electrons. The molecule has 12 heavy (non-hydrogen) atoms. The van der Waals surface area contributed by atoms with Gasteiger partial charge in [0.1, 0.15) is 5.75 Å².